The number of ether oxygens (including phenoxy) is 4. The zero-order valence-corrected chi connectivity index (χ0v) is 20.7. The van der Waals surface area contributed by atoms with Crippen molar-refractivity contribution in [3.05, 3.63) is 47.2 Å². The minimum absolute atomic E-state index is 0.135. The van der Waals surface area contributed by atoms with Gasteiger partial charge in [-0.2, -0.15) is 0 Å². The Balaban J connectivity index is 1.43. The predicted octanol–water partition coefficient (Wildman–Crippen LogP) is 0.543. The second kappa shape index (κ2) is 9.14. The molecule has 2 unspecified atom stereocenters. The molecule has 1 saturated heterocycles. The quantitative estimate of drug-likeness (QED) is 0.316. The number of benzene rings is 1. The van der Waals surface area contributed by atoms with E-state index in [1.54, 1.807) is 6.08 Å². The number of likely N-dealkylation sites (tertiary alicyclic amines) is 1. The van der Waals surface area contributed by atoms with Gasteiger partial charge in [-0.1, -0.05) is 6.07 Å². The average Bonchev–Trinajstić information content (AvgIpc) is 3.22. The second-order valence-corrected chi connectivity index (χ2v) is 9.90. The molecule has 5 atom stereocenters. The summed E-state index contributed by atoms with van der Waals surface area (Å²) in [6.07, 6.45) is 0.350. The normalized spacial score (nSPS) is 29.5. The van der Waals surface area contributed by atoms with E-state index >= 15 is 0 Å². The summed E-state index contributed by atoms with van der Waals surface area (Å²) in [7, 11) is 3.48. The van der Waals surface area contributed by atoms with E-state index in [1.807, 2.05) is 19.2 Å². The van der Waals surface area contributed by atoms with Gasteiger partial charge in [0.25, 0.3) is 0 Å². The number of carbonyl (C=O) groups is 4. The lowest BCUT2D eigenvalue weighted by Crippen LogP contribution is -2.74. The molecule has 1 aromatic carbocycles. The van der Waals surface area contributed by atoms with Crippen molar-refractivity contribution in [2.45, 2.75) is 54.9 Å². The van der Waals surface area contributed by atoms with E-state index in [0.717, 1.165) is 11.1 Å². The molecule has 12 nitrogen and oxygen atoms in total. The van der Waals surface area contributed by atoms with Gasteiger partial charge >= 0.3 is 23.9 Å². The minimum atomic E-state index is -1.90. The van der Waals surface area contributed by atoms with Gasteiger partial charge in [0.2, 0.25) is 6.10 Å². The van der Waals surface area contributed by atoms with Crippen LogP contribution < -0.4 is 9.47 Å². The summed E-state index contributed by atoms with van der Waals surface area (Å²) in [5.74, 6) is -4.14. The third kappa shape index (κ3) is 3.74. The summed E-state index contributed by atoms with van der Waals surface area (Å²) >= 11 is 0. The zero-order chi connectivity index (χ0) is 27.4. The second-order valence-electron chi connectivity index (χ2n) is 9.90. The van der Waals surface area contributed by atoms with Gasteiger partial charge < -0.3 is 39.2 Å². The number of piperidine rings is 1. The molecular weight excluding hydrogens is 502 g/mol. The molecular formula is C26H27NO11. The number of hydrogen-bond acceptors (Lipinski definition) is 10. The molecule has 12 heteroatoms. The number of likely N-dealkylation sites (N-methyl/N-ethyl adjacent to an activating group) is 1. The highest BCUT2D eigenvalue weighted by Crippen LogP contribution is 2.65. The van der Waals surface area contributed by atoms with Crippen LogP contribution in [0.1, 0.15) is 30.4 Å². The lowest BCUT2D eigenvalue weighted by Gasteiger charge is -2.61. The Morgan fingerprint density at radius 1 is 1.24 bits per heavy atom. The van der Waals surface area contributed by atoms with Gasteiger partial charge in [-0.15, -0.1) is 0 Å². The van der Waals surface area contributed by atoms with Crippen LogP contribution in [-0.4, -0.2) is 88.6 Å². The standard InChI is InChI=1S/C26H27NO11/c1-27-10-9-25-21-13-3-4-14(35-2)22(21)38-23(25)15(7-8-26(25,34)17(27)11-13)36-20(31)12-16(24(32)33)37-19(30)6-5-18(28)29/h3-7,16-17,23,34H,8-12H2,1-2H3,(H,28,29)(H,32,33)/b6-5+/t16-,17+,23?,25?,26+/m0/s1. The Kier molecular flexibility index (Phi) is 6.19. The third-order valence-corrected chi connectivity index (χ3v) is 8.04. The SMILES string of the molecule is COc1ccc2c3c1OC1C(OC(=O)C[C@H](OC(=O)/C=C/C(=O)O)C(=O)O)=CC[C@@]4(O)[C@@H](C2)N(C)CCC314. The summed E-state index contributed by atoms with van der Waals surface area (Å²) in [5.41, 5.74) is -0.255. The highest BCUT2D eigenvalue weighted by molar-refractivity contribution is 5.92. The van der Waals surface area contributed by atoms with Crippen LogP contribution in [0.3, 0.4) is 0 Å². The predicted molar refractivity (Wildman–Crippen MR) is 126 cm³/mol. The Morgan fingerprint density at radius 2 is 2.00 bits per heavy atom. The Hall–Kier alpha value is -3.90. The largest absolute Gasteiger partial charge is 0.493 e. The molecule has 2 aliphatic carbocycles. The molecule has 4 aliphatic rings. The highest BCUT2D eigenvalue weighted by Gasteiger charge is 2.72. The van der Waals surface area contributed by atoms with E-state index < -0.39 is 53.5 Å². The summed E-state index contributed by atoms with van der Waals surface area (Å²) in [6, 6.07) is 3.57. The number of rotatable bonds is 8. The Bertz CT molecular complexity index is 1290. The van der Waals surface area contributed by atoms with Gasteiger partial charge in [0.05, 0.1) is 24.5 Å². The number of carbonyl (C=O) groups excluding carboxylic acids is 2. The van der Waals surface area contributed by atoms with Gasteiger partial charge in [-0.3, -0.25) is 4.79 Å². The molecule has 38 heavy (non-hydrogen) atoms. The van der Waals surface area contributed by atoms with E-state index in [9.17, 15) is 29.4 Å². The van der Waals surface area contributed by atoms with Crippen LogP contribution in [0.15, 0.2) is 36.1 Å². The van der Waals surface area contributed by atoms with Crippen molar-refractivity contribution < 1.29 is 53.4 Å². The maximum atomic E-state index is 12.8. The van der Waals surface area contributed by atoms with Crippen LogP contribution in [0.25, 0.3) is 0 Å². The topological polar surface area (TPSA) is 169 Å². The molecule has 0 radical (unpaired) electrons. The average molecular weight is 529 g/mol. The third-order valence-electron chi connectivity index (χ3n) is 8.04. The van der Waals surface area contributed by atoms with Crippen molar-refractivity contribution in [2.75, 3.05) is 20.7 Å². The first-order chi connectivity index (χ1) is 18.0. The minimum Gasteiger partial charge on any atom is -0.493 e. The molecule has 2 aliphatic heterocycles. The van der Waals surface area contributed by atoms with Crippen molar-refractivity contribution in [3.63, 3.8) is 0 Å². The van der Waals surface area contributed by atoms with Crippen LogP contribution in [0, 0.1) is 0 Å². The van der Waals surface area contributed by atoms with Gasteiger partial charge in [0.15, 0.2) is 17.6 Å². The summed E-state index contributed by atoms with van der Waals surface area (Å²) < 4.78 is 22.2. The number of methoxy groups -OCH3 is 1. The van der Waals surface area contributed by atoms with Crippen LogP contribution in [0.2, 0.25) is 0 Å². The van der Waals surface area contributed by atoms with Crippen LogP contribution in [0.5, 0.6) is 11.5 Å². The summed E-state index contributed by atoms with van der Waals surface area (Å²) in [5, 5.41) is 30.2. The monoisotopic (exact) mass is 529 g/mol. The van der Waals surface area contributed by atoms with Crippen molar-refractivity contribution in [3.8, 4) is 11.5 Å². The van der Waals surface area contributed by atoms with E-state index in [0.29, 0.717) is 43.0 Å². The summed E-state index contributed by atoms with van der Waals surface area (Å²) in [6.45, 7) is 0.672. The molecule has 3 N–H and O–H groups in total. The molecule has 2 heterocycles. The maximum Gasteiger partial charge on any atom is 0.345 e. The van der Waals surface area contributed by atoms with E-state index in [1.165, 1.54) is 7.11 Å². The van der Waals surface area contributed by atoms with Gasteiger partial charge in [0.1, 0.15) is 5.76 Å². The molecule has 1 fully saturated rings. The number of aliphatic carboxylic acids is 2. The fourth-order valence-corrected chi connectivity index (χ4v) is 6.41. The van der Waals surface area contributed by atoms with Crippen molar-refractivity contribution in [1.29, 1.82) is 0 Å². The van der Waals surface area contributed by atoms with Crippen molar-refractivity contribution in [1.82, 2.24) is 4.90 Å². The first kappa shape index (κ1) is 25.7. The van der Waals surface area contributed by atoms with Crippen molar-refractivity contribution >= 4 is 23.9 Å². The first-order valence-corrected chi connectivity index (χ1v) is 12.1. The highest BCUT2D eigenvalue weighted by atomic mass is 16.6. The molecule has 0 aromatic heterocycles. The lowest BCUT2D eigenvalue weighted by atomic mass is 9.50. The molecule has 0 saturated carbocycles. The summed E-state index contributed by atoms with van der Waals surface area (Å²) in [4.78, 5) is 48.9. The zero-order valence-electron chi connectivity index (χ0n) is 20.7. The number of carboxylic acid groups (broad SMARTS) is 2. The number of esters is 2. The van der Waals surface area contributed by atoms with Crippen LogP contribution >= 0.6 is 0 Å². The van der Waals surface area contributed by atoms with Gasteiger partial charge in [-0.25, -0.2) is 14.4 Å². The van der Waals surface area contributed by atoms with Gasteiger partial charge in [-0.05, 0) is 44.1 Å². The number of aliphatic hydroxyl groups is 1. The molecule has 5 rings (SSSR count). The molecule has 0 amide bonds. The maximum absolute atomic E-state index is 12.8. The fraction of sp³-hybridized carbons (Fsp3) is 0.462. The van der Waals surface area contributed by atoms with E-state index in [4.69, 9.17) is 24.1 Å². The van der Waals surface area contributed by atoms with E-state index in [2.05, 4.69) is 4.90 Å². The smallest absolute Gasteiger partial charge is 0.345 e. The lowest BCUT2D eigenvalue weighted by molar-refractivity contribution is -0.172. The van der Waals surface area contributed by atoms with Gasteiger partial charge in [0, 0.05) is 30.2 Å². The van der Waals surface area contributed by atoms with E-state index in [-0.39, 0.29) is 18.2 Å². The number of hydrogen-bond donors (Lipinski definition) is 3. The number of nitrogens with zero attached hydrogens (tertiary/aromatic N) is 1. The first-order valence-electron chi connectivity index (χ1n) is 12.1. The molecule has 202 valence electrons. The molecule has 1 spiro atoms. The fourth-order valence-electron chi connectivity index (χ4n) is 6.41. The Morgan fingerprint density at radius 3 is 2.68 bits per heavy atom. The van der Waals surface area contributed by atoms with Crippen LogP contribution in [-0.2, 0) is 40.5 Å². The molecule has 1 aromatic rings. The van der Waals surface area contributed by atoms with Crippen LogP contribution in [0.4, 0.5) is 0 Å². The number of carboxylic acids is 2. The Labute approximate surface area is 217 Å². The van der Waals surface area contributed by atoms with Crippen molar-refractivity contribution in [2.24, 2.45) is 0 Å². The molecule has 2 bridgehead atoms.